The van der Waals surface area contributed by atoms with Gasteiger partial charge in [-0.15, -0.1) is 86.1 Å². The van der Waals surface area contributed by atoms with Crippen LogP contribution in [-0.4, -0.2) is 153 Å². The molecule has 144 heavy (non-hydrogen) atoms. The molecule has 20 rings (SSSR count). The molecular weight excluding hydrogens is 1940 g/mol. The van der Waals surface area contributed by atoms with E-state index in [1.165, 1.54) is 52.3 Å². The van der Waals surface area contributed by atoms with E-state index in [1.54, 1.807) is 103 Å². The zero-order valence-electron chi connectivity index (χ0n) is 80.3. The van der Waals surface area contributed by atoms with Crippen LogP contribution < -0.4 is 16.0 Å². The summed E-state index contributed by atoms with van der Waals surface area (Å²) in [4.78, 5) is 78.7. The van der Waals surface area contributed by atoms with Crippen molar-refractivity contribution in [2.45, 2.75) is 140 Å². The van der Waals surface area contributed by atoms with Crippen LogP contribution in [0.25, 0.3) is 31.1 Å². The normalized spacial score (nSPS) is 14.3. The number of aliphatic hydroxyl groups is 1. The van der Waals surface area contributed by atoms with Crippen molar-refractivity contribution in [3.63, 3.8) is 0 Å². The largest absolute Gasteiger partial charge is 0.508 e. The maximum Gasteiger partial charge on any atom is 0.308 e. The van der Waals surface area contributed by atoms with Crippen LogP contribution in [0.15, 0.2) is 202 Å². The number of amides is 1. The second-order valence-corrected chi connectivity index (χ2v) is 38.8. The summed E-state index contributed by atoms with van der Waals surface area (Å²) in [6, 6.07) is 49.4. The van der Waals surface area contributed by atoms with Gasteiger partial charge < -0.3 is 51.3 Å². The fourth-order valence-corrected chi connectivity index (χ4v) is 22.0. The lowest BCUT2D eigenvalue weighted by molar-refractivity contribution is -0.144. The lowest BCUT2D eigenvalue weighted by Crippen LogP contribution is -2.17. The zero-order valence-corrected chi connectivity index (χ0v) is 84.3. The van der Waals surface area contributed by atoms with Gasteiger partial charge in [-0.2, -0.15) is 5.26 Å². The number of hydrogen-bond acceptors (Lipinski definition) is 29. The Hall–Kier alpha value is -15.5. The molecule has 0 spiro atoms. The van der Waals surface area contributed by atoms with Crippen molar-refractivity contribution in [3.8, 4) is 42.9 Å². The number of esters is 3. The number of halogens is 4. The Morgan fingerprint density at radius 1 is 0.444 bits per heavy atom. The number of phenolic OH excluding ortho intramolecular Hbond substituents is 1. The first-order chi connectivity index (χ1) is 68.4. The third-order valence-electron chi connectivity index (χ3n) is 24.5. The van der Waals surface area contributed by atoms with Gasteiger partial charge in [-0.3, -0.25) is 62.4 Å². The summed E-state index contributed by atoms with van der Waals surface area (Å²) in [5.41, 5.74) is 19.6. The molecule has 40 heteroatoms. The number of hydrogen-bond donors (Lipinski definition) is 5. The Balaban J connectivity index is 0.000000144. The number of aromatic nitrogens is 13. The van der Waals surface area contributed by atoms with Gasteiger partial charge in [0.2, 0.25) is 5.91 Å². The number of carbonyl (C=O) groups is 4. The molecule has 0 unspecified atom stereocenters. The number of nitrogens with one attached hydrogen (secondary N) is 3. The second kappa shape index (κ2) is 43.9. The molecule has 0 radical (unpaired) electrons. The number of carbonyl (C=O) groups excluding carboxylic acids is 4. The maximum atomic E-state index is 14.1. The Morgan fingerprint density at radius 2 is 0.826 bits per heavy atom. The smallest absolute Gasteiger partial charge is 0.308 e. The number of ether oxygens (including phenoxy) is 3. The number of aliphatic imine (C=N–C) groups is 4. The molecule has 9 N–H and O–H groups in total. The predicted molar refractivity (Wildman–Crippen MR) is 550 cm³/mol. The number of fused-ring (bicyclic) bond motifs is 12. The molecule has 16 aromatic rings. The minimum Gasteiger partial charge on any atom is -0.508 e. The number of aliphatic hydroxyl groups excluding tert-OH is 1. The van der Waals surface area contributed by atoms with Crippen LogP contribution in [0.2, 0.25) is 5.02 Å². The number of benzene rings is 7. The minimum atomic E-state index is -1.06. The number of pyridine rings is 1. The summed E-state index contributed by atoms with van der Waals surface area (Å²) in [6.07, 6.45) is 3.72. The highest BCUT2D eigenvalue weighted by Crippen LogP contribution is 2.47. The van der Waals surface area contributed by atoms with E-state index >= 15 is 0 Å². The predicted octanol–water partition coefficient (Wildman–Crippen LogP) is 19.4. The third-order valence-corrected chi connectivity index (χ3v) is 29.6. The van der Waals surface area contributed by atoms with Gasteiger partial charge in [-0.05, 0) is 201 Å². The van der Waals surface area contributed by atoms with Crippen LogP contribution in [-0.2, 0) is 40.0 Å². The van der Waals surface area contributed by atoms with Crippen molar-refractivity contribution in [1.82, 2.24) is 64.0 Å². The molecule has 7 aromatic carbocycles. The van der Waals surface area contributed by atoms with Gasteiger partial charge >= 0.3 is 17.9 Å². The van der Waals surface area contributed by atoms with Crippen molar-refractivity contribution >= 4 is 132 Å². The van der Waals surface area contributed by atoms with Crippen molar-refractivity contribution < 1.29 is 67.7 Å². The summed E-state index contributed by atoms with van der Waals surface area (Å²) in [6.45, 7) is 24.0. The Labute approximate surface area is 845 Å². The van der Waals surface area contributed by atoms with E-state index in [-0.39, 0.29) is 66.8 Å². The van der Waals surface area contributed by atoms with E-state index in [0.717, 1.165) is 143 Å². The molecule has 13 heterocycles. The first-order valence-corrected chi connectivity index (χ1v) is 48.6. The number of anilines is 5. The van der Waals surface area contributed by atoms with Gasteiger partial charge in [-0.1, -0.05) is 84.4 Å². The highest BCUT2D eigenvalue weighted by molar-refractivity contribution is 7.16. The van der Waals surface area contributed by atoms with Crippen molar-refractivity contribution in [2.75, 3.05) is 36.8 Å². The average Bonchev–Trinajstić information content (AvgIpc) is 1.60. The number of thiophene rings is 4. The molecule has 4 aliphatic rings. The number of phenols is 1. The summed E-state index contributed by atoms with van der Waals surface area (Å²) >= 11 is 12.6. The van der Waals surface area contributed by atoms with Crippen molar-refractivity contribution in [2.24, 2.45) is 20.0 Å². The Bertz CT molecular complexity index is 7730. The standard InChI is InChI=1S/C27H23N5O2S.C26H22F3N5O3S.C26H26N6O2S.C25H22ClN5O2S.2H2O/c1-15-16(2)35-27-24(15)25(29-22(13-23(33)34-4)26-31-30-17(3)32(26)27)20-10-8-19(9-11-20)21-7-5-6-18(12-21)14-28;1-12-20(11-35)38-26-22(12)23(31-19(10-21(36)37-3)25-33-32-13(2)34(25)26)14-4-6-16(7-5-14)30-24-17(28)8-15(27)9-18(24)29;1-5-34-22(33)13-21-25-31-30-17(4)32(25)26-23(15(2)16(3)35-26)24(29-21)18-8-10-19(11-9-18)28-20-7-6-12-27-14-20;1-13-14(2)34-25-22(13)23(16-4-6-17(26)7-5-16)28-20(24-30-29-15(3)31(24)25)12-21(33)27-18-8-10-19(32)11-9-18;;/h5-12,22H,13H2,1-4H3;4-9,19,30,35H,10-11H2,1-3H3;6-12,14,21,28H,5,13H2,1-4H3;4-11,20,32H,12H2,1-3H3,(H,27,33);2*1H2/t22-;19-;21-;20-;;/m0000../s1. The molecule has 0 bridgehead atoms. The monoisotopic (exact) mass is 2040 g/mol. The highest BCUT2D eigenvalue weighted by atomic mass is 35.5. The van der Waals surface area contributed by atoms with Crippen LogP contribution >= 0.6 is 56.9 Å². The molecule has 1 amide bonds. The van der Waals surface area contributed by atoms with E-state index in [1.807, 2.05) is 149 Å². The lowest BCUT2D eigenvalue weighted by atomic mass is 9.96. The summed E-state index contributed by atoms with van der Waals surface area (Å²) < 4.78 is 64.6. The van der Waals surface area contributed by atoms with Crippen LogP contribution in [0.1, 0.15) is 195 Å². The van der Waals surface area contributed by atoms with Gasteiger partial charge in [0.15, 0.2) is 34.9 Å². The molecule has 0 fully saturated rings. The fraction of sp³-hybridized carbons (Fsp3) is 0.231. The first kappa shape index (κ1) is 103. The highest BCUT2D eigenvalue weighted by Gasteiger charge is 2.39. The summed E-state index contributed by atoms with van der Waals surface area (Å²) in [7, 11) is 2.68. The Kier molecular flexibility index (Phi) is 31.4. The van der Waals surface area contributed by atoms with Crippen LogP contribution in [0.3, 0.4) is 0 Å². The quantitative estimate of drug-likeness (QED) is 0.0269. The molecule has 0 saturated heterocycles. The van der Waals surface area contributed by atoms with Gasteiger partial charge in [0.1, 0.15) is 84.7 Å². The van der Waals surface area contributed by atoms with Gasteiger partial charge in [-0.25, -0.2) is 13.2 Å². The van der Waals surface area contributed by atoms with E-state index in [4.69, 9.17) is 45.8 Å². The molecule has 32 nitrogen and oxygen atoms in total. The number of aryl methyl sites for hydroxylation is 7. The van der Waals surface area contributed by atoms with Gasteiger partial charge in [0, 0.05) is 104 Å². The second-order valence-electron chi connectivity index (χ2n) is 33.7. The topological polar surface area (TPSA) is 444 Å². The summed E-state index contributed by atoms with van der Waals surface area (Å²) in [5, 5.41) is 76.7. The first-order valence-electron chi connectivity index (χ1n) is 45.0. The molecular formula is C104H97ClF3N21O11S4. The molecule has 0 saturated carbocycles. The van der Waals surface area contributed by atoms with Crippen LogP contribution in [0.4, 0.5) is 41.6 Å². The van der Waals surface area contributed by atoms with Gasteiger partial charge in [0.05, 0.1) is 99.5 Å². The summed E-state index contributed by atoms with van der Waals surface area (Å²) in [5.74, 6) is 0.934. The average molecular weight is 2040 g/mol. The van der Waals surface area contributed by atoms with Gasteiger partial charge in [0.25, 0.3) is 0 Å². The number of methoxy groups -OCH3 is 2. The lowest BCUT2D eigenvalue weighted by Gasteiger charge is -2.13. The minimum absolute atomic E-state index is 0. The van der Waals surface area contributed by atoms with E-state index in [9.17, 15) is 47.8 Å². The van der Waals surface area contributed by atoms with Crippen LogP contribution in [0.5, 0.6) is 5.75 Å². The SMILES string of the molecule is CCOC(=O)C[C@@H]1N=C(c2ccc(Nc3cccnc3)cc2)c2c(sc(C)c2C)-n2c(C)nnc21.COC(=O)C[C@@H]1N=C(c2ccc(-c3cccc(C#N)c3)cc2)c2c(sc(C)c2C)-n2c(C)nnc21.COC(=O)C[C@@H]1N=C(c2ccc(Nc3c(F)cc(F)cc3F)cc2)c2c(sc(CO)c2C)-n2c(C)nnc21.Cc1sc2c(c1C)C(c1ccc(Cl)cc1)=N[C@@H](CC(=O)Nc1ccc(O)cc1)c1nnc(C)n1-2.O.O. The van der Waals surface area contributed by atoms with Crippen LogP contribution in [0, 0.1) is 105 Å². The van der Waals surface area contributed by atoms with E-state index in [2.05, 4.69) is 109 Å². The Morgan fingerprint density at radius 3 is 1.23 bits per heavy atom. The fourth-order valence-electron chi connectivity index (χ4n) is 17.0. The third kappa shape index (κ3) is 21.1. The number of rotatable bonds is 20. The molecule has 4 atom stereocenters. The van der Waals surface area contributed by atoms with Crippen molar-refractivity contribution in [1.29, 1.82) is 5.26 Å². The number of nitriles is 1. The van der Waals surface area contributed by atoms with E-state index < -0.39 is 53.3 Å². The van der Waals surface area contributed by atoms with E-state index in [0.29, 0.717) is 81.1 Å². The number of aromatic hydroxyl groups is 1. The molecule has 4 aliphatic heterocycles. The maximum absolute atomic E-state index is 14.1. The molecule has 9 aromatic heterocycles. The van der Waals surface area contributed by atoms with Crippen molar-refractivity contribution in [3.05, 3.63) is 343 Å². The molecule has 736 valence electrons. The zero-order chi connectivity index (χ0) is 100. The molecule has 0 aliphatic carbocycles. The number of nitrogens with zero attached hydrogens (tertiary/aromatic N) is 18.